The Bertz CT molecular complexity index is 994. The highest BCUT2D eigenvalue weighted by atomic mass is 32.2. The van der Waals surface area contributed by atoms with E-state index in [-0.39, 0.29) is 18.4 Å². The van der Waals surface area contributed by atoms with Gasteiger partial charge in [-0.05, 0) is 58.2 Å². The summed E-state index contributed by atoms with van der Waals surface area (Å²) in [5.74, 6) is 1.44. The smallest absolute Gasteiger partial charge is 0.253 e. The number of thioether (sulfide) groups is 1. The van der Waals surface area contributed by atoms with Crippen molar-refractivity contribution in [2.45, 2.75) is 44.3 Å². The maximum Gasteiger partial charge on any atom is 0.253 e. The SMILES string of the molecule is CSc1nc2nc(C)c(CC(=O)NC[C@H](c3ccco3)N3CCCC3)c(C)n2n1. The molecule has 8 nitrogen and oxygen atoms in total. The van der Waals surface area contributed by atoms with E-state index < -0.39 is 0 Å². The van der Waals surface area contributed by atoms with Crippen molar-refractivity contribution in [3.8, 4) is 0 Å². The van der Waals surface area contributed by atoms with Gasteiger partial charge in [0.25, 0.3) is 5.78 Å². The third-order valence-corrected chi connectivity index (χ3v) is 6.03. The Labute approximate surface area is 174 Å². The standard InChI is InChI=1S/C20H26N6O2S/c1-13-15(14(2)26-19(22-13)23-20(24-26)29-3)11-18(27)21-12-16(17-7-6-10-28-17)25-8-4-5-9-25/h6-7,10,16H,4-5,8-9,11-12H2,1-3H3,(H,21,27)/t16-/m1/s1. The van der Waals surface area contributed by atoms with Gasteiger partial charge in [0.2, 0.25) is 11.1 Å². The summed E-state index contributed by atoms with van der Waals surface area (Å²) in [4.78, 5) is 24.1. The number of rotatable bonds is 7. The van der Waals surface area contributed by atoms with Gasteiger partial charge in [0.05, 0.1) is 18.7 Å². The van der Waals surface area contributed by atoms with Crippen molar-refractivity contribution in [1.29, 1.82) is 0 Å². The zero-order valence-corrected chi connectivity index (χ0v) is 17.8. The van der Waals surface area contributed by atoms with E-state index in [1.54, 1.807) is 10.8 Å². The Kier molecular flexibility index (Phi) is 5.86. The minimum absolute atomic E-state index is 0.0293. The second-order valence-electron chi connectivity index (χ2n) is 7.33. The fourth-order valence-corrected chi connectivity index (χ4v) is 4.25. The Hall–Kier alpha value is -2.39. The third-order valence-electron chi connectivity index (χ3n) is 5.50. The number of hydrogen-bond donors (Lipinski definition) is 1. The maximum atomic E-state index is 12.8. The average molecular weight is 415 g/mol. The number of aryl methyl sites for hydroxylation is 2. The molecule has 0 radical (unpaired) electrons. The maximum absolute atomic E-state index is 12.8. The number of aromatic nitrogens is 4. The molecule has 29 heavy (non-hydrogen) atoms. The topological polar surface area (TPSA) is 88.6 Å². The van der Waals surface area contributed by atoms with Crippen LogP contribution in [0.1, 0.15) is 41.6 Å². The van der Waals surface area contributed by atoms with Crippen LogP contribution >= 0.6 is 11.8 Å². The molecule has 1 saturated heterocycles. The van der Waals surface area contributed by atoms with Crippen molar-refractivity contribution >= 4 is 23.4 Å². The van der Waals surface area contributed by atoms with E-state index in [0.29, 0.717) is 17.5 Å². The Morgan fingerprint density at radius 1 is 1.31 bits per heavy atom. The minimum Gasteiger partial charge on any atom is -0.468 e. The lowest BCUT2D eigenvalue weighted by Crippen LogP contribution is -2.37. The van der Waals surface area contributed by atoms with Crippen LogP contribution in [-0.4, -0.2) is 56.3 Å². The molecule has 154 valence electrons. The van der Waals surface area contributed by atoms with Crippen molar-refractivity contribution in [1.82, 2.24) is 29.8 Å². The number of carbonyl (C=O) groups is 1. The van der Waals surface area contributed by atoms with Gasteiger partial charge in [0.15, 0.2) is 0 Å². The lowest BCUT2D eigenvalue weighted by atomic mass is 10.1. The molecule has 4 heterocycles. The van der Waals surface area contributed by atoms with Gasteiger partial charge in [-0.2, -0.15) is 4.98 Å². The molecule has 0 aromatic carbocycles. The fraction of sp³-hybridized carbons (Fsp3) is 0.500. The summed E-state index contributed by atoms with van der Waals surface area (Å²) in [6.07, 6.45) is 6.26. The van der Waals surface area contributed by atoms with E-state index in [2.05, 4.69) is 25.3 Å². The summed E-state index contributed by atoms with van der Waals surface area (Å²) in [6.45, 7) is 6.46. The molecule has 0 spiro atoms. The van der Waals surface area contributed by atoms with Gasteiger partial charge < -0.3 is 9.73 Å². The van der Waals surface area contributed by atoms with E-state index >= 15 is 0 Å². The number of nitrogens with one attached hydrogen (secondary N) is 1. The Balaban J connectivity index is 1.47. The first-order valence-corrected chi connectivity index (χ1v) is 11.1. The van der Waals surface area contributed by atoms with Gasteiger partial charge in [-0.3, -0.25) is 9.69 Å². The molecule has 1 amide bonds. The Morgan fingerprint density at radius 3 is 2.79 bits per heavy atom. The number of amides is 1. The molecule has 9 heteroatoms. The van der Waals surface area contributed by atoms with Gasteiger partial charge in [-0.1, -0.05) is 11.8 Å². The van der Waals surface area contributed by atoms with Crippen LogP contribution in [0, 0.1) is 13.8 Å². The fourth-order valence-electron chi connectivity index (χ4n) is 3.91. The second-order valence-corrected chi connectivity index (χ2v) is 8.10. The van der Waals surface area contributed by atoms with E-state index in [1.165, 1.54) is 24.6 Å². The molecule has 1 atom stereocenters. The van der Waals surface area contributed by atoms with Crippen LogP contribution in [0.25, 0.3) is 5.78 Å². The summed E-state index contributed by atoms with van der Waals surface area (Å²) < 4.78 is 7.35. The largest absolute Gasteiger partial charge is 0.468 e. The van der Waals surface area contributed by atoms with E-state index in [9.17, 15) is 4.79 Å². The van der Waals surface area contributed by atoms with Crippen LogP contribution in [-0.2, 0) is 11.2 Å². The van der Waals surface area contributed by atoms with E-state index in [1.807, 2.05) is 32.2 Å². The van der Waals surface area contributed by atoms with Gasteiger partial charge in [-0.25, -0.2) is 9.50 Å². The number of hydrogen-bond acceptors (Lipinski definition) is 7. The normalized spacial score (nSPS) is 15.8. The van der Waals surface area contributed by atoms with Crippen LogP contribution in [0.5, 0.6) is 0 Å². The van der Waals surface area contributed by atoms with E-state index in [0.717, 1.165) is 35.8 Å². The average Bonchev–Trinajstić information content (AvgIpc) is 3.46. The first-order chi connectivity index (χ1) is 14.1. The number of fused-ring (bicyclic) bond motifs is 1. The molecule has 3 aromatic rings. The molecule has 1 aliphatic rings. The molecule has 4 rings (SSSR count). The highest BCUT2D eigenvalue weighted by molar-refractivity contribution is 7.98. The number of likely N-dealkylation sites (tertiary alicyclic amines) is 1. The number of nitrogens with zero attached hydrogens (tertiary/aromatic N) is 5. The zero-order chi connectivity index (χ0) is 20.4. The lowest BCUT2D eigenvalue weighted by Gasteiger charge is -2.26. The van der Waals surface area contributed by atoms with Crippen LogP contribution in [0.2, 0.25) is 0 Å². The minimum atomic E-state index is -0.0293. The number of furan rings is 1. The van der Waals surface area contributed by atoms with Crippen molar-refractivity contribution in [3.05, 3.63) is 41.1 Å². The van der Waals surface area contributed by atoms with Crippen LogP contribution in [0.3, 0.4) is 0 Å². The molecular weight excluding hydrogens is 388 g/mol. The van der Waals surface area contributed by atoms with Crippen LogP contribution < -0.4 is 5.32 Å². The molecule has 1 fully saturated rings. The molecule has 0 saturated carbocycles. The molecule has 1 N–H and O–H groups in total. The highest BCUT2D eigenvalue weighted by Gasteiger charge is 2.26. The lowest BCUT2D eigenvalue weighted by molar-refractivity contribution is -0.120. The van der Waals surface area contributed by atoms with Gasteiger partial charge in [0.1, 0.15) is 5.76 Å². The van der Waals surface area contributed by atoms with E-state index in [4.69, 9.17) is 4.42 Å². The molecule has 0 aliphatic carbocycles. The first-order valence-electron chi connectivity index (χ1n) is 9.88. The third kappa shape index (κ3) is 4.16. The van der Waals surface area contributed by atoms with Gasteiger partial charge >= 0.3 is 0 Å². The molecule has 0 bridgehead atoms. The predicted molar refractivity (Wildman–Crippen MR) is 111 cm³/mol. The Morgan fingerprint density at radius 2 is 2.10 bits per heavy atom. The zero-order valence-electron chi connectivity index (χ0n) is 17.0. The van der Waals surface area contributed by atoms with Gasteiger partial charge in [-0.15, -0.1) is 5.10 Å². The van der Waals surface area contributed by atoms with Crippen molar-refractivity contribution in [2.24, 2.45) is 0 Å². The monoisotopic (exact) mass is 414 g/mol. The summed E-state index contributed by atoms with van der Waals surface area (Å²) in [7, 11) is 0. The highest BCUT2D eigenvalue weighted by Crippen LogP contribution is 2.25. The first kappa shape index (κ1) is 19.9. The number of carbonyl (C=O) groups excluding carboxylic acids is 1. The summed E-state index contributed by atoms with van der Waals surface area (Å²) in [5, 5.41) is 8.23. The van der Waals surface area contributed by atoms with Crippen molar-refractivity contribution in [2.75, 3.05) is 25.9 Å². The quantitative estimate of drug-likeness (QED) is 0.594. The summed E-state index contributed by atoms with van der Waals surface area (Å²) in [6, 6.07) is 3.95. The molecule has 3 aromatic heterocycles. The summed E-state index contributed by atoms with van der Waals surface area (Å²) >= 11 is 1.47. The molecular formula is C20H26N6O2S. The summed E-state index contributed by atoms with van der Waals surface area (Å²) in [5.41, 5.74) is 2.60. The molecule has 1 aliphatic heterocycles. The van der Waals surface area contributed by atoms with Crippen molar-refractivity contribution in [3.63, 3.8) is 0 Å². The predicted octanol–water partition coefficient (Wildman–Crippen LogP) is 2.55. The van der Waals surface area contributed by atoms with Crippen molar-refractivity contribution < 1.29 is 9.21 Å². The van der Waals surface area contributed by atoms with Crippen LogP contribution in [0.15, 0.2) is 28.0 Å². The molecule has 0 unspecified atom stereocenters. The van der Waals surface area contributed by atoms with Crippen LogP contribution in [0.4, 0.5) is 0 Å². The second kappa shape index (κ2) is 8.54. The van der Waals surface area contributed by atoms with Gasteiger partial charge in [0, 0.05) is 23.5 Å².